The number of unbranched alkanes of at least 4 members (excludes halogenated alkanes) is 1. The van der Waals surface area contributed by atoms with E-state index >= 15 is 0 Å². The summed E-state index contributed by atoms with van der Waals surface area (Å²) in [7, 11) is 4.02. The van der Waals surface area contributed by atoms with Crippen LogP contribution in [0.15, 0.2) is 29.2 Å². The van der Waals surface area contributed by atoms with Gasteiger partial charge in [-0.1, -0.05) is 49.5 Å². The Balaban J connectivity index is 2.14. The maximum atomic E-state index is 12.3. The van der Waals surface area contributed by atoms with E-state index < -0.39 is 0 Å². The molecule has 0 aliphatic carbocycles. The Morgan fingerprint density at radius 1 is 1.29 bits per heavy atom. The summed E-state index contributed by atoms with van der Waals surface area (Å²) in [6.45, 7) is 2.83. The summed E-state index contributed by atoms with van der Waals surface area (Å²) in [5.74, 6) is 0.0372. The summed E-state index contributed by atoms with van der Waals surface area (Å²) in [5.41, 5.74) is 2.17. The Hall–Kier alpha value is -1.33. The van der Waals surface area contributed by atoms with E-state index in [4.69, 9.17) is 12.2 Å². The van der Waals surface area contributed by atoms with Crippen LogP contribution in [0.4, 0.5) is 5.69 Å². The van der Waals surface area contributed by atoms with Gasteiger partial charge in [0.15, 0.2) is 0 Å². The molecule has 1 heterocycles. The fraction of sp³-hybridized carbons (Fsp3) is 0.375. The Kier molecular flexibility index (Phi) is 5.42. The maximum Gasteiger partial charge on any atom is 0.266 e. The smallest absolute Gasteiger partial charge is 0.266 e. The number of hydrogen-bond donors (Lipinski definition) is 0. The van der Waals surface area contributed by atoms with Crippen LogP contribution >= 0.6 is 24.0 Å². The molecule has 0 saturated carbocycles. The van der Waals surface area contributed by atoms with Crippen LogP contribution in [0.3, 0.4) is 0 Å². The third-order valence-corrected chi connectivity index (χ3v) is 4.69. The largest absolute Gasteiger partial charge is 0.378 e. The minimum atomic E-state index is 0.0372. The molecule has 1 aliphatic heterocycles. The molecule has 1 aromatic rings. The second kappa shape index (κ2) is 7.09. The second-order valence-corrected chi connectivity index (χ2v) is 6.85. The van der Waals surface area contributed by atoms with Crippen LogP contribution in [-0.4, -0.2) is 35.8 Å². The molecule has 0 spiro atoms. The van der Waals surface area contributed by atoms with E-state index in [0.29, 0.717) is 9.23 Å². The normalized spacial score (nSPS) is 16.9. The van der Waals surface area contributed by atoms with Crippen LogP contribution in [0.2, 0.25) is 0 Å². The van der Waals surface area contributed by atoms with Gasteiger partial charge in [-0.3, -0.25) is 9.69 Å². The zero-order valence-electron chi connectivity index (χ0n) is 12.6. The highest BCUT2D eigenvalue weighted by atomic mass is 32.2. The molecule has 1 amide bonds. The molecule has 21 heavy (non-hydrogen) atoms. The Morgan fingerprint density at radius 2 is 1.95 bits per heavy atom. The number of amides is 1. The van der Waals surface area contributed by atoms with Crippen LogP contribution in [0.1, 0.15) is 25.3 Å². The van der Waals surface area contributed by atoms with Crippen LogP contribution in [0, 0.1) is 0 Å². The van der Waals surface area contributed by atoms with Gasteiger partial charge in [-0.2, -0.15) is 0 Å². The van der Waals surface area contributed by atoms with Crippen LogP contribution < -0.4 is 4.90 Å². The zero-order valence-corrected chi connectivity index (χ0v) is 14.3. The molecule has 5 heteroatoms. The van der Waals surface area contributed by atoms with Crippen molar-refractivity contribution in [3.63, 3.8) is 0 Å². The molecule has 112 valence electrons. The van der Waals surface area contributed by atoms with E-state index in [9.17, 15) is 4.79 Å². The van der Waals surface area contributed by atoms with Gasteiger partial charge in [-0.15, -0.1) is 0 Å². The molecule has 0 unspecified atom stereocenters. The quantitative estimate of drug-likeness (QED) is 0.609. The Bertz CT molecular complexity index is 564. The van der Waals surface area contributed by atoms with Crippen molar-refractivity contribution in [2.24, 2.45) is 0 Å². The summed E-state index contributed by atoms with van der Waals surface area (Å²) in [5, 5.41) is 0. The summed E-state index contributed by atoms with van der Waals surface area (Å²) in [6.07, 6.45) is 3.96. The third-order valence-electron chi connectivity index (χ3n) is 3.32. The minimum Gasteiger partial charge on any atom is -0.378 e. The first-order valence-electron chi connectivity index (χ1n) is 7.05. The van der Waals surface area contributed by atoms with Gasteiger partial charge < -0.3 is 4.90 Å². The van der Waals surface area contributed by atoms with E-state index in [-0.39, 0.29) is 5.91 Å². The monoisotopic (exact) mass is 320 g/mol. The summed E-state index contributed by atoms with van der Waals surface area (Å²) in [6, 6.07) is 8.13. The third kappa shape index (κ3) is 3.86. The highest BCUT2D eigenvalue weighted by molar-refractivity contribution is 8.26. The minimum absolute atomic E-state index is 0.0372. The van der Waals surface area contributed by atoms with Gasteiger partial charge in [-0.25, -0.2) is 0 Å². The highest BCUT2D eigenvalue weighted by Crippen LogP contribution is 2.32. The number of carbonyl (C=O) groups excluding carboxylic acids is 1. The predicted octanol–water partition coefficient (Wildman–Crippen LogP) is 3.75. The number of nitrogens with zero attached hydrogens (tertiary/aromatic N) is 2. The Morgan fingerprint density at radius 3 is 2.52 bits per heavy atom. The lowest BCUT2D eigenvalue weighted by molar-refractivity contribution is -0.122. The molecule has 0 atom stereocenters. The van der Waals surface area contributed by atoms with E-state index in [1.54, 1.807) is 4.90 Å². The zero-order chi connectivity index (χ0) is 15.4. The van der Waals surface area contributed by atoms with Crippen molar-refractivity contribution < 1.29 is 4.79 Å². The molecule has 0 bridgehead atoms. The van der Waals surface area contributed by atoms with Gasteiger partial charge in [0.1, 0.15) is 4.32 Å². The number of anilines is 1. The first-order valence-corrected chi connectivity index (χ1v) is 8.28. The molecule has 0 radical (unpaired) electrons. The topological polar surface area (TPSA) is 23.6 Å². The molecule has 1 fully saturated rings. The average molecular weight is 320 g/mol. The van der Waals surface area contributed by atoms with Crippen LogP contribution in [-0.2, 0) is 4.79 Å². The van der Waals surface area contributed by atoms with Gasteiger partial charge in [0.05, 0.1) is 4.91 Å². The first kappa shape index (κ1) is 16.0. The average Bonchev–Trinajstić information content (AvgIpc) is 2.72. The number of hydrogen-bond acceptors (Lipinski definition) is 4. The molecule has 1 aromatic carbocycles. The Labute approximate surface area is 136 Å². The molecule has 3 nitrogen and oxygen atoms in total. The fourth-order valence-corrected chi connectivity index (χ4v) is 3.34. The SMILES string of the molecule is CCCCN1C(=O)/C(=C/c2ccc(N(C)C)cc2)SC1=S. The lowest BCUT2D eigenvalue weighted by Gasteiger charge is -2.13. The van der Waals surface area contributed by atoms with Crippen molar-refractivity contribution >= 4 is 46.0 Å². The number of thioether (sulfide) groups is 1. The van der Waals surface area contributed by atoms with Gasteiger partial charge in [0, 0.05) is 26.3 Å². The van der Waals surface area contributed by atoms with Crippen molar-refractivity contribution in [2.75, 3.05) is 25.5 Å². The van der Waals surface area contributed by atoms with Crippen molar-refractivity contribution in [2.45, 2.75) is 19.8 Å². The van der Waals surface area contributed by atoms with Crippen molar-refractivity contribution in [3.05, 3.63) is 34.7 Å². The number of thiocarbonyl (C=S) groups is 1. The summed E-state index contributed by atoms with van der Waals surface area (Å²) < 4.78 is 0.671. The van der Waals surface area contributed by atoms with Gasteiger partial charge in [0.25, 0.3) is 5.91 Å². The van der Waals surface area contributed by atoms with Crippen molar-refractivity contribution in [3.8, 4) is 0 Å². The van der Waals surface area contributed by atoms with Crippen LogP contribution in [0.5, 0.6) is 0 Å². The van der Waals surface area contributed by atoms with Gasteiger partial charge in [-0.05, 0) is 30.2 Å². The first-order chi connectivity index (χ1) is 10.0. The molecular formula is C16H20N2OS2. The van der Waals surface area contributed by atoms with Gasteiger partial charge >= 0.3 is 0 Å². The van der Waals surface area contributed by atoms with E-state index in [1.807, 2.05) is 49.3 Å². The van der Waals surface area contributed by atoms with E-state index in [1.165, 1.54) is 11.8 Å². The predicted molar refractivity (Wildman–Crippen MR) is 95.6 cm³/mol. The lowest BCUT2D eigenvalue weighted by Crippen LogP contribution is -2.28. The van der Waals surface area contributed by atoms with Crippen molar-refractivity contribution in [1.82, 2.24) is 4.90 Å². The number of benzene rings is 1. The maximum absolute atomic E-state index is 12.3. The highest BCUT2D eigenvalue weighted by Gasteiger charge is 2.31. The molecule has 0 aromatic heterocycles. The number of carbonyl (C=O) groups is 1. The molecular weight excluding hydrogens is 300 g/mol. The molecule has 2 rings (SSSR count). The fourth-order valence-electron chi connectivity index (χ4n) is 2.03. The van der Waals surface area contributed by atoms with E-state index in [0.717, 1.165) is 30.6 Å². The van der Waals surface area contributed by atoms with Crippen molar-refractivity contribution in [1.29, 1.82) is 0 Å². The lowest BCUT2D eigenvalue weighted by atomic mass is 10.2. The molecule has 1 saturated heterocycles. The van der Waals surface area contributed by atoms with E-state index in [2.05, 4.69) is 6.92 Å². The summed E-state index contributed by atoms with van der Waals surface area (Å²) in [4.78, 5) is 16.8. The second-order valence-electron chi connectivity index (χ2n) is 5.17. The van der Waals surface area contributed by atoms with Gasteiger partial charge in [0.2, 0.25) is 0 Å². The summed E-state index contributed by atoms with van der Waals surface area (Å²) >= 11 is 6.70. The standard InChI is InChI=1S/C16H20N2OS2/c1-4-5-10-18-15(19)14(21-16(18)20)11-12-6-8-13(9-7-12)17(2)3/h6-9,11H,4-5,10H2,1-3H3/b14-11-. The number of rotatable bonds is 5. The van der Waals surface area contributed by atoms with Crippen LogP contribution in [0.25, 0.3) is 6.08 Å². The molecule has 1 aliphatic rings. The molecule has 0 N–H and O–H groups in total.